The van der Waals surface area contributed by atoms with Crippen molar-refractivity contribution in [2.24, 2.45) is 0 Å². The van der Waals surface area contributed by atoms with Gasteiger partial charge >= 0.3 is 0 Å². The summed E-state index contributed by atoms with van der Waals surface area (Å²) in [5, 5.41) is 3.50. The maximum Gasteiger partial charge on any atom is 0.252 e. The molecule has 0 fully saturated rings. The van der Waals surface area contributed by atoms with Crippen LogP contribution in [0.5, 0.6) is 0 Å². The van der Waals surface area contributed by atoms with E-state index in [4.69, 9.17) is 16.6 Å². The third kappa shape index (κ3) is 3.27. The molecule has 33 heavy (non-hydrogen) atoms. The molecule has 5 aromatic rings. The number of nitrogens with zero attached hydrogens (tertiary/aromatic N) is 3. The Balaban J connectivity index is 1.47. The zero-order valence-corrected chi connectivity index (χ0v) is 18.4. The number of H-pyrrole nitrogens is 1. The molecule has 1 unspecified atom stereocenters. The van der Waals surface area contributed by atoms with Crippen LogP contribution in [0.2, 0.25) is 5.15 Å². The lowest BCUT2D eigenvalue weighted by atomic mass is 9.98. The van der Waals surface area contributed by atoms with Crippen molar-refractivity contribution < 1.29 is 4.79 Å². The first kappa shape index (κ1) is 19.6. The first-order valence-electron chi connectivity index (χ1n) is 10.6. The van der Waals surface area contributed by atoms with Gasteiger partial charge in [0.05, 0.1) is 23.3 Å². The van der Waals surface area contributed by atoms with E-state index in [1.807, 2.05) is 31.2 Å². The van der Waals surface area contributed by atoms with Crippen LogP contribution in [0.1, 0.15) is 33.2 Å². The lowest BCUT2D eigenvalue weighted by Gasteiger charge is -2.16. The second kappa shape index (κ2) is 7.53. The number of carbonyl (C=O) groups excluding carboxylic acids is 1. The molecule has 3 heterocycles. The van der Waals surface area contributed by atoms with Gasteiger partial charge in [0.1, 0.15) is 11.0 Å². The van der Waals surface area contributed by atoms with Gasteiger partial charge in [-0.1, -0.05) is 54.1 Å². The Bertz CT molecular complexity index is 1500. The number of fused-ring (bicyclic) bond motifs is 4. The van der Waals surface area contributed by atoms with Gasteiger partial charge in [-0.3, -0.25) is 9.78 Å². The van der Waals surface area contributed by atoms with Crippen molar-refractivity contribution in [3.8, 4) is 22.5 Å². The maximum atomic E-state index is 13.2. The summed E-state index contributed by atoms with van der Waals surface area (Å²) in [6, 6.07) is 19.2. The van der Waals surface area contributed by atoms with Gasteiger partial charge in [0.2, 0.25) is 0 Å². The van der Waals surface area contributed by atoms with E-state index in [1.165, 1.54) is 0 Å². The zero-order valence-electron chi connectivity index (χ0n) is 17.6. The quantitative estimate of drug-likeness (QED) is 0.356. The third-order valence-electron chi connectivity index (χ3n) is 5.95. The number of nitrogens with one attached hydrogen (secondary N) is 2. The smallest absolute Gasteiger partial charge is 0.252 e. The first-order valence-corrected chi connectivity index (χ1v) is 10.9. The number of halogens is 1. The summed E-state index contributed by atoms with van der Waals surface area (Å²) in [5.41, 5.74) is 8.12. The van der Waals surface area contributed by atoms with Crippen LogP contribution in [0.15, 0.2) is 73.1 Å². The van der Waals surface area contributed by atoms with Gasteiger partial charge in [-0.25, -0.2) is 9.97 Å². The number of benzene rings is 2. The summed E-state index contributed by atoms with van der Waals surface area (Å²) in [4.78, 5) is 29.7. The monoisotopic (exact) mass is 451 g/mol. The number of pyridine rings is 2. The fraction of sp³-hybridized carbons (Fsp3) is 0.0769. The standard InChI is InChI=1S/C26H18ClN5O/c1-14-11-15(12-22(27)29-14)26(33)32-24-17-6-3-2-5-16(17)23-18(24)7-4-8-19(23)25-30-20-9-10-28-13-21(20)31-25/h2-13,24H,1H3,(H,30,31)(H,32,33). The van der Waals surface area contributed by atoms with E-state index >= 15 is 0 Å². The van der Waals surface area contributed by atoms with Gasteiger partial charge in [0, 0.05) is 23.0 Å². The first-order chi connectivity index (χ1) is 16.1. The molecule has 1 aliphatic rings. The minimum atomic E-state index is -0.290. The summed E-state index contributed by atoms with van der Waals surface area (Å²) < 4.78 is 0. The molecule has 6 rings (SSSR count). The minimum absolute atomic E-state index is 0.199. The summed E-state index contributed by atoms with van der Waals surface area (Å²) in [7, 11) is 0. The second-order valence-corrected chi connectivity index (χ2v) is 8.45. The maximum absolute atomic E-state index is 13.2. The number of hydrogen-bond acceptors (Lipinski definition) is 4. The Labute approximate surface area is 194 Å². The number of aryl methyl sites for hydroxylation is 1. The molecule has 1 atom stereocenters. The Hall–Kier alpha value is -4.03. The van der Waals surface area contributed by atoms with Crippen LogP contribution in [-0.4, -0.2) is 25.8 Å². The van der Waals surface area contributed by atoms with Gasteiger partial charge in [0.25, 0.3) is 5.91 Å². The highest BCUT2D eigenvalue weighted by Gasteiger charge is 2.32. The SMILES string of the molecule is Cc1cc(C(=O)NC2c3ccccc3-c3c(-c4nc5ccncc5[nH]4)cccc32)cc(Cl)n1. The van der Waals surface area contributed by atoms with E-state index in [0.29, 0.717) is 16.4 Å². The molecule has 2 N–H and O–H groups in total. The number of carbonyl (C=O) groups is 1. The van der Waals surface area contributed by atoms with E-state index in [9.17, 15) is 4.79 Å². The summed E-state index contributed by atoms with van der Waals surface area (Å²) in [6.45, 7) is 1.82. The molecule has 7 heteroatoms. The predicted octanol–water partition coefficient (Wildman–Crippen LogP) is 5.48. The Morgan fingerprint density at radius 2 is 1.82 bits per heavy atom. The molecule has 3 aromatic heterocycles. The number of hydrogen-bond donors (Lipinski definition) is 2. The predicted molar refractivity (Wildman–Crippen MR) is 128 cm³/mol. The number of aromatic amines is 1. The molecular weight excluding hydrogens is 434 g/mol. The van der Waals surface area contributed by atoms with Crippen molar-refractivity contribution in [2.45, 2.75) is 13.0 Å². The lowest BCUT2D eigenvalue weighted by Crippen LogP contribution is -2.28. The number of aromatic nitrogens is 4. The molecule has 1 amide bonds. The molecule has 0 saturated carbocycles. The van der Waals surface area contributed by atoms with Gasteiger partial charge in [0.15, 0.2) is 0 Å². The van der Waals surface area contributed by atoms with E-state index in [2.05, 4.69) is 44.5 Å². The van der Waals surface area contributed by atoms with E-state index in [-0.39, 0.29) is 11.9 Å². The van der Waals surface area contributed by atoms with Crippen LogP contribution < -0.4 is 5.32 Å². The molecule has 2 aromatic carbocycles. The fourth-order valence-corrected chi connectivity index (χ4v) is 4.82. The average Bonchev–Trinajstić information content (AvgIpc) is 3.38. The zero-order chi connectivity index (χ0) is 22.5. The van der Waals surface area contributed by atoms with Crippen molar-refractivity contribution in [3.05, 3.63) is 101 Å². The molecule has 0 saturated heterocycles. The van der Waals surface area contributed by atoms with Crippen molar-refractivity contribution in [2.75, 3.05) is 0 Å². The number of imidazole rings is 1. The van der Waals surface area contributed by atoms with E-state index in [1.54, 1.807) is 24.5 Å². The summed E-state index contributed by atoms with van der Waals surface area (Å²) >= 11 is 6.09. The van der Waals surface area contributed by atoms with Crippen LogP contribution in [0, 0.1) is 6.92 Å². The van der Waals surface area contributed by atoms with Crippen LogP contribution in [0.25, 0.3) is 33.5 Å². The van der Waals surface area contributed by atoms with Gasteiger partial charge in [-0.2, -0.15) is 0 Å². The molecule has 0 radical (unpaired) electrons. The molecule has 0 aliphatic heterocycles. The van der Waals surface area contributed by atoms with Crippen molar-refractivity contribution in [3.63, 3.8) is 0 Å². The minimum Gasteiger partial charge on any atom is -0.341 e. The van der Waals surface area contributed by atoms with Crippen molar-refractivity contribution in [1.82, 2.24) is 25.3 Å². The Morgan fingerprint density at radius 3 is 2.67 bits per heavy atom. The van der Waals surface area contributed by atoms with Crippen molar-refractivity contribution in [1.29, 1.82) is 0 Å². The lowest BCUT2D eigenvalue weighted by molar-refractivity contribution is 0.0943. The normalized spacial score (nSPS) is 14.2. The number of rotatable bonds is 3. The molecule has 6 nitrogen and oxygen atoms in total. The molecule has 0 bridgehead atoms. The van der Waals surface area contributed by atoms with Crippen molar-refractivity contribution >= 4 is 28.5 Å². The van der Waals surface area contributed by atoms with E-state index in [0.717, 1.165) is 44.7 Å². The Kier molecular flexibility index (Phi) is 4.48. The van der Waals surface area contributed by atoms with Crippen LogP contribution in [0.3, 0.4) is 0 Å². The van der Waals surface area contributed by atoms with Gasteiger partial charge < -0.3 is 10.3 Å². The third-order valence-corrected chi connectivity index (χ3v) is 6.14. The van der Waals surface area contributed by atoms with E-state index < -0.39 is 0 Å². The summed E-state index contributed by atoms with van der Waals surface area (Å²) in [6.07, 6.45) is 3.50. The molecular formula is C26H18ClN5O. The van der Waals surface area contributed by atoms with Crippen LogP contribution in [-0.2, 0) is 0 Å². The molecule has 160 valence electrons. The van der Waals surface area contributed by atoms with Gasteiger partial charge in [-0.05, 0) is 47.4 Å². The highest BCUT2D eigenvalue weighted by molar-refractivity contribution is 6.29. The molecule has 0 spiro atoms. The highest BCUT2D eigenvalue weighted by Crippen LogP contribution is 2.47. The van der Waals surface area contributed by atoms with Crippen LogP contribution >= 0.6 is 11.6 Å². The van der Waals surface area contributed by atoms with Crippen LogP contribution in [0.4, 0.5) is 0 Å². The second-order valence-electron chi connectivity index (χ2n) is 8.06. The highest BCUT2D eigenvalue weighted by atomic mass is 35.5. The number of amides is 1. The molecule has 1 aliphatic carbocycles. The average molecular weight is 452 g/mol. The summed E-state index contributed by atoms with van der Waals surface area (Å²) in [5.74, 6) is 0.573. The fourth-order valence-electron chi connectivity index (χ4n) is 4.57. The Morgan fingerprint density at radius 1 is 1.00 bits per heavy atom. The largest absolute Gasteiger partial charge is 0.341 e. The topological polar surface area (TPSA) is 83.6 Å². The van der Waals surface area contributed by atoms with Gasteiger partial charge in [-0.15, -0.1) is 0 Å².